The normalized spacial score (nSPS) is 19.7. The lowest BCUT2D eigenvalue weighted by Gasteiger charge is -2.30. The van der Waals surface area contributed by atoms with Gasteiger partial charge in [0, 0.05) is 11.6 Å². The Morgan fingerprint density at radius 2 is 2.20 bits per heavy atom. The molecule has 1 aromatic rings. The third-order valence-corrected chi connectivity index (χ3v) is 4.62. The summed E-state index contributed by atoms with van der Waals surface area (Å²) in [5, 5.41) is 6.83. The van der Waals surface area contributed by atoms with Crippen LogP contribution in [-0.4, -0.2) is 38.8 Å². The van der Waals surface area contributed by atoms with E-state index in [0.717, 1.165) is 32.4 Å². The number of hydrogen-bond acceptors (Lipinski definition) is 4. The number of amides is 1. The first-order valence-electron chi connectivity index (χ1n) is 8.58. The molecule has 1 amide bonds. The second-order valence-electron chi connectivity index (χ2n) is 6.24. The molecule has 0 bridgehead atoms. The summed E-state index contributed by atoms with van der Waals surface area (Å²) in [6, 6.07) is 3.50. The van der Waals surface area contributed by atoms with Crippen molar-refractivity contribution in [2.75, 3.05) is 26.8 Å². The number of ether oxygens (including phenoxy) is 2. The largest absolute Gasteiger partial charge is 0.493 e. The number of rotatable bonds is 7. The lowest BCUT2D eigenvalue weighted by atomic mass is 9.95. The van der Waals surface area contributed by atoms with E-state index in [2.05, 4.69) is 24.5 Å². The molecule has 142 valence electrons. The maximum atomic E-state index is 12.6. The fourth-order valence-electron chi connectivity index (χ4n) is 2.79. The highest BCUT2D eigenvalue weighted by molar-refractivity contribution is 6.32. The Hall–Kier alpha value is -1.17. The van der Waals surface area contributed by atoms with Crippen LogP contribution in [0.15, 0.2) is 12.1 Å². The number of halogens is 2. The number of hydrogen-bond donors (Lipinski definition) is 2. The van der Waals surface area contributed by atoms with Gasteiger partial charge in [-0.15, -0.1) is 12.4 Å². The second kappa shape index (κ2) is 10.7. The van der Waals surface area contributed by atoms with Crippen molar-refractivity contribution in [3.05, 3.63) is 22.7 Å². The molecule has 0 aromatic heterocycles. The maximum absolute atomic E-state index is 12.6. The van der Waals surface area contributed by atoms with Crippen LogP contribution in [0.4, 0.5) is 0 Å². The molecule has 0 saturated carbocycles. The molecular weight excluding hydrogens is 363 g/mol. The van der Waals surface area contributed by atoms with Gasteiger partial charge in [-0.2, -0.15) is 0 Å². The van der Waals surface area contributed by atoms with Crippen LogP contribution < -0.4 is 20.1 Å². The van der Waals surface area contributed by atoms with Gasteiger partial charge in [-0.1, -0.05) is 31.9 Å². The fraction of sp³-hybridized carbons (Fsp3) is 0.611. The van der Waals surface area contributed by atoms with Crippen molar-refractivity contribution in [3.8, 4) is 11.5 Å². The Bertz CT molecular complexity index is 569. The standard InChI is InChI=1S/C18H27ClN2O3.ClH/c1-4-5-8-24-17-14(19)9-13(10-16(17)23-3)18(22)21-15-6-7-20-11-12(15)2;/h9-10,12,15,20H,4-8,11H2,1-3H3,(H,21,22);1H. The summed E-state index contributed by atoms with van der Waals surface area (Å²) in [4.78, 5) is 12.6. The predicted octanol–water partition coefficient (Wildman–Crippen LogP) is 3.68. The first-order valence-corrected chi connectivity index (χ1v) is 8.96. The second-order valence-corrected chi connectivity index (χ2v) is 6.65. The van der Waals surface area contributed by atoms with E-state index >= 15 is 0 Å². The Morgan fingerprint density at radius 3 is 2.84 bits per heavy atom. The number of benzene rings is 1. The van der Waals surface area contributed by atoms with Gasteiger partial charge in [0.25, 0.3) is 5.91 Å². The van der Waals surface area contributed by atoms with Gasteiger partial charge in [0.15, 0.2) is 11.5 Å². The van der Waals surface area contributed by atoms with Gasteiger partial charge in [0.2, 0.25) is 0 Å². The van der Waals surface area contributed by atoms with Crippen LogP contribution >= 0.6 is 24.0 Å². The van der Waals surface area contributed by atoms with Gasteiger partial charge < -0.3 is 20.1 Å². The topological polar surface area (TPSA) is 59.6 Å². The average molecular weight is 391 g/mol. The van der Waals surface area contributed by atoms with Crippen molar-refractivity contribution in [1.82, 2.24) is 10.6 Å². The molecule has 25 heavy (non-hydrogen) atoms. The highest BCUT2D eigenvalue weighted by Crippen LogP contribution is 2.36. The molecule has 0 spiro atoms. The third-order valence-electron chi connectivity index (χ3n) is 4.34. The molecule has 1 heterocycles. The lowest BCUT2D eigenvalue weighted by Crippen LogP contribution is -2.48. The minimum Gasteiger partial charge on any atom is -0.493 e. The zero-order chi connectivity index (χ0) is 17.5. The summed E-state index contributed by atoms with van der Waals surface area (Å²) < 4.78 is 11.1. The molecule has 2 N–H and O–H groups in total. The Morgan fingerprint density at radius 1 is 1.44 bits per heavy atom. The van der Waals surface area contributed by atoms with Crippen molar-refractivity contribution in [1.29, 1.82) is 0 Å². The van der Waals surface area contributed by atoms with E-state index in [1.54, 1.807) is 19.2 Å². The Labute approximate surface area is 161 Å². The van der Waals surface area contributed by atoms with E-state index < -0.39 is 0 Å². The first kappa shape index (κ1) is 21.9. The molecule has 7 heteroatoms. The van der Waals surface area contributed by atoms with Crippen LogP contribution in [0.3, 0.4) is 0 Å². The van der Waals surface area contributed by atoms with E-state index in [4.69, 9.17) is 21.1 Å². The van der Waals surface area contributed by atoms with Crippen LogP contribution in [0, 0.1) is 5.92 Å². The molecule has 1 fully saturated rings. The summed E-state index contributed by atoms with van der Waals surface area (Å²) in [5.74, 6) is 1.26. The molecule has 1 aliphatic rings. The SMILES string of the molecule is CCCCOc1c(Cl)cc(C(=O)NC2CCNCC2C)cc1OC.Cl. The molecule has 2 unspecified atom stereocenters. The lowest BCUT2D eigenvalue weighted by molar-refractivity contribution is 0.0914. The van der Waals surface area contributed by atoms with E-state index in [0.29, 0.717) is 34.6 Å². The van der Waals surface area contributed by atoms with Gasteiger partial charge in [-0.05, 0) is 44.0 Å². The summed E-state index contributed by atoms with van der Waals surface area (Å²) in [5.41, 5.74) is 0.491. The van der Waals surface area contributed by atoms with Gasteiger partial charge in [0.05, 0.1) is 18.7 Å². The van der Waals surface area contributed by atoms with Crippen LogP contribution in [-0.2, 0) is 0 Å². The number of carbonyl (C=O) groups is 1. The number of methoxy groups -OCH3 is 1. The predicted molar refractivity (Wildman–Crippen MR) is 104 cm³/mol. The molecule has 5 nitrogen and oxygen atoms in total. The van der Waals surface area contributed by atoms with Crippen molar-refractivity contribution in [2.24, 2.45) is 5.92 Å². The van der Waals surface area contributed by atoms with Gasteiger partial charge in [0.1, 0.15) is 0 Å². The minimum absolute atomic E-state index is 0. The van der Waals surface area contributed by atoms with Gasteiger partial charge in [-0.25, -0.2) is 0 Å². The smallest absolute Gasteiger partial charge is 0.251 e. The Balaban J connectivity index is 0.00000312. The van der Waals surface area contributed by atoms with E-state index in [9.17, 15) is 4.79 Å². The molecule has 2 atom stereocenters. The highest BCUT2D eigenvalue weighted by Gasteiger charge is 2.24. The van der Waals surface area contributed by atoms with Gasteiger partial charge in [-0.3, -0.25) is 4.79 Å². The molecular formula is C18H28Cl2N2O3. The zero-order valence-corrected chi connectivity index (χ0v) is 16.6. The van der Waals surface area contributed by atoms with Gasteiger partial charge >= 0.3 is 0 Å². The first-order chi connectivity index (χ1) is 11.6. The minimum atomic E-state index is -0.131. The molecule has 1 aliphatic heterocycles. The van der Waals surface area contributed by atoms with Crippen LogP contribution in [0.5, 0.6) is 11.5 Å². The van der Waals surface area contributed by atoms with Crippen molar-refractivity contribution < 1.29 is 14.3 Å². The van der Waals surface area contributed by atoms with Crippen LogP contribution in [0.1, 0.15) is 43.5 Å². The third kappa shape index (κ3) is 5.94. The summed E-state index contributed by atoms with van der Waals surface area (Å²) in [6.45, 7) is 6.64. The molecule has 0 aliphatic carbocycles. The highest BCUT2D eigenvalue weighted by atomic mass is 35.5. The summed E-state index contributed by atoms with van der Waals surface area (Å²) in [6.07, 6.45) is 2.90. The number of unbranched alkanes of at least 4 members (excludes halogenated alkanes) is 1. The number of carbonyl (C=O) groups excluding carboxylic acids is 1. The quantitative estimate of drug-likeness (QED) is 0.697. The van der Waals surface area contributed by atoms with Crippen molar-refractivity contribution in [2.45, 2.75) is 39.2 Å². The zero-order valence-electron chi connectivity index (χ0n) is 15.1. The number of nitrogens with one attached hydrogen (secondary N) is 2. The van der Waals surface area contributed by atoms with Crippen LogP contribution in [0.25, 0.3) is 0 Å². The molecule has 1 saturated heterocycles. The Kier molecular flexibility index (Phi) is 9.39. The summed E-state index contributed by atoms with van der Waals surface area (Å²) >= 11 is 6.31. The molecule has 1 aromatic carbocycles. The number of piperidine rings is 1. The maximum Gasteiger partial charge on any atom is 0.251 e. The van der Waals surface area contributed by atoms with Crippen LogP contribution in [0.2, 0.25) is 5.02 Å². The van der Waals surface area contributed by atoms with E-state index in [-0.39, 0.29) is 24.4 Å². The van der Waals surface area contributed by atoms with E-state index in [1.807, 2.05) is 0 Å². The van der Waals surface area contributed by atoms with E-state index in [1.165, 1.54) is 0 Å². The van der Waals surface area contributed by atoms with Crippen molar-refractivity contribution in [3.63, 3.8) is 0 Å². The molecule has 2 rings (SSSR count). The summed E-state index contributed by atoms with van der Waals surface area (Å²) in [7, 11) is 1.55. The monoisotopic (exact) mass is 390 g/mol. The fourth-order valence-corrected chi connectivity index (χ4v) is 3.06. The average Bonchev–Trinajstić information content (AvgIpc) is 2.58. The van der Waals surface area contributed by atoms with Crippen molar-refractivity contribution >= 4 is 29.9 Å². The molecule has 0 radical (unpaired) electrons.